The van der Waals surface area contributed by atoms with Gasteiger partial charge in [-0.15, -0.1) is 0 Å². The summed E-state index contributed by atoms with van der Waals surface area (Å²) in [7, 11) is 4.21. The van der Waals surface area contributed by atoms with Gasteiger partial charge in [-0.05, 0) is 76.4 Å². The molecule has 0 saturated carbocycles. The Bertz CT molecular complexity index is 1030. The van der Waals surface area contributed by atoms with Crippen LogP contribution in [0.3, 0.4) is 0 Å². The second-order valence-electron chi connectivity index (χ2n) is 7.59. The summed E-state index contributed by atoms with van der Waals surface area (Å²) in [5.74, 6) is 1.78. The standard InChI is InChI=1S/C25H28N4O/c1-4-30-20-14-12-19(13-15-20)24-21-9-5-6-11-23(21)29(18-8-17-28(2)3)25-22(27-24)10-7-16-26-25/h5-7,9-16H,4,8,17-18H2,1-3H3. The molecule has 0 unspecified atom stereocenters. The zero-order valence-corrected chi connectivity index (χ0v) is 17.9. The molecule has 2 heterocycles. The number of hydrogen-bond donors (Lipinski definition) is 0. The van der Waals surface area contributed by atoms with Gasteiger partial charge >= 0.3 is 0 Å². The number of hydrogen-bond acceptors (Lipinski definition) is 5. The largest absolute Gasteiger partial charge is 0.494 e. The minimum absolute atomic E-state index is 0.657. The third-order valence-electron chi connectivity index (χ3n) is 5.13. The molecule has 0 saturated heterocycles. The maximum atomic E-state index is 5.62. The fraction of sp³-hybridized carbons (Fsp3) is 0.280. The highest BCUT2D eigenvalue weighted by atomic mass is 16.5. The van der Waals surface area contributed by atoms with Crippen LogP contribution in [-0.2, 0) is 0 Å². The van der Waals surface area contributed by atoms with Gasteiger partial charge in [0.05, 0.1) is 18.0 Å². The van der Waals surface area contributed by atoms with Gasteiger partial charge in [-0.1, -0.05) is 18.2 Å². The summed E-state index contributed by atoms with van der Waals surface area (Å²) in [4.78, 5) is 14.3. The molecule has 5 nitrogen and oxygen atoms in total. The maximum absolute atomic E-state index is 5.62. The molecular formula is C25H28N4O. The normalized spacial score (nSPS) is 12.8. The van der Waals surface area contributed by atoms with E-state index in [1.54, 1.807) is 0 Å². The van der Waals surface area contributed by atoms with Crippen LogP contribution in [0, 0.1) is 0 Å². The van der Waals surface area contributed by atoms with Gasteiger partial charge in [0, 0.05) is 23.9 Å². The van der Waals surface area contributed by atoms with Crippen LogP contribution in [0.2, 0.25) is 0 Å². The minimum atomic E-state index is 0.657. The molecule has 3 aromatic rings. The van der Waals surface area contributed by atoms with Crippen LogP contribution >= 0.6 is 0 Å². The Balaban J connectivity index is 1.80. The highest BCUT2D eigenvalue weighted by Gasteiger charge is 2.24. The van der Waals surface area contributed by atoms with Crippen LogP contribution in [0.4, 0.5) is 17.2 Å². The predicted molar refractivity (Wildman–Crippen MR) is 124 cm³/mol. The fourth-order valence-corrected chi connectivity index (χ4v) is 3.75. The van der Waals surface area contributed by atoms with Gasteiger partial charge in [0.15, 0.2) is 5.82 Å². The summed E-state index contributed by atoms with van der Waals surface area (Å²) < 4.78 is 5.62. The number of nitrogens with zero attached hydrogens (tertiary/aromatic N) is 4. The van der Waals surface area contributed by atoms with Crippen molar-refractivity contribution in [3.8, 4) is 5.75 Å². The molecule has 1 aliphatic heterocycles. The number of anilines is 2. The van der Waals surface area contributed by atoms with E-state index in [0.717, 1.165) is 59.3 Å². The van der Waals surface area contributed by atoms with E-state index < -0.39 is 0 Å². The van der Waals surface area contributed by atoms with Crippen molar-refractivity contribution in [1.82, 2.24) is 9.88 Å². The molecular weight excluding hydrogens is 372 g/mol. The summed E-state index contributed by atoms with van der Waals surface area (Å²) in [5, 5.41) is 0. The summed E-state index contributed by atoms with van der Waals surface area (Å²) in [6, 6.07) is 20.6. The van der Waals surface area contributed by atoms with Crippen molar-refractivity contribution in [2.24, 2.45) is 4.99 Å². The topological polar surface area (TPSA) is 41.0 Å². The highest BCUT2D eigenvalue weighted by Crippen LogP contribution is 2.39. The summed E-state index contributed by atoms with van der Waals surface area (Å²) in [6.07, 6.45) is 2.88. The van der Waals surface area contributed by atoms with Crippen LogP contribution in [0.25, 0.3) is 0 Å². The molecule has 30 heavy (non-hydrogen) atoms. The number of benzene rings is 2. The first-order chi connectivity index (χ1) is 14.7. The molecule has 4 rings (SSSR count). The van der Waals surface area contributed by atoms with E-state index in [1.165, 1.54) is 0 Å². The molecule has 0 spiro atoms. The molecule has 0 N–H and O–H groups in total. The molecule has 2 aromatic carbocycles. The number of aliphatic imine (C=N–C) groups is 1. The van der Waals surface area contributed by atoms with Gasteiger partial charge in [0.25, 0.3) is 0 Å². The Morgan fingerprint density at radius 2 is 1.77 bits per heavy atom. The quantitative estimate of drug-likeness (QED) is 0.556. The second kappa shape index (κ2) is 9.09. The van der Waals surface area contributed by atoms with E-state index in [4.69, 9.17) is 14.7 Å². The SMILES string of the molecule is CCOc1ccc(C2=Nc3cccnc3N(CCCN(C)C)c3ccccc32)cc1. The van der Waals surface area contributed by atoms with Gasteiger partial charge in [-0.2, -0.15) is 0 Å². The average molecular weight is 401 g/mol. The van der Waals surface area contributed by atoms with Gasteiger partial charge in [0.2, 0.25) is 0 Å². The summed E-state index contributed by atoms with van der Waals surface area (Å²) in [6.45, 7) is 4.55. The summed E-state index contributed by atoms with van der Waals surface area (Å²) in [5.41, 5.74) is 5.17. The maximum Gasteiger partial charge on any atom is 0.159 e. The highest BCUT2D eigenvalue weighted by molar-refractivity contribution is 6.18. The Labute approximate surface area is 178 Å². The van der Waals surface area contributed by atoms with Crippen LogP contribution < -0.4 is 9.64 Å². The van der Waals surface area contributed by atoms with Crippen molar-refractivity contribution >= 4 is 22.9 Å². The van der Waals surface area contributed by atoms with Crippen molar-refractivity contribution in [3.05, 3.63) is 78.0 Å². The lowest BCUT2D eigenvalue weighted by atomic mass is 10.00. The van der Waals surface area contributed by atoms with E-state index in [9.17, 15) is 0 Å². The van der Waals surface area contributed by atoms with E-state index in [0.29, 0.717) is 6.61 Å². The number of aromatic nitrogens is 1. The molecule has 0 atom stereocenters. The Morgan fingerprint density at radius 3 is 2.53 bits per heavy atom. The lowest BCUT2D eigenvalue weighted by Crippen LogP contribution is -2.24. The van der Waals surface area contributed by atoms with Crippen LogP contribution in [-0.4, -0.2) is 49.4 Å². The third-order valence-corrected chi connectivity index (χ3v) is 5.13. The fourth-order valence-electron chi connectivity index (χ4n) is 3.75. The van der Waals surface area contributed by atoms with Crippen molar-refractivity contribution in [2.45, 2.75) is 13.3 Å². The molecule has 0 amide bonds. The van der Waals surface area contributed by atoms with Gasteiger partial charge in [0.1, 0.15) is 11.4 Å². The zero-order valence-electron chi connectivity index (χ0n) is 17.9. The van der Waals surface area contributed by atoms with Gasteiger partial charge in [-0.25, -0.2) is 9.98 Å². The Kier molecular flexibility index (Phi) is 6.10. The molecule has 5 heteroatoms. The first-order valence-electron chi connectivity index (χ1n) is 10.5. The lowest BCUT2D eigenvalue weighted by molar-refractivity contribution is 0.340. The van der Waals surface area contributed by atoms with E-state index >= 15 is 0 Å². The molecule has 0 bridgehead atoms. The smallest absolute Gasteiger partial charge is 0.159 e. The average Bonchev–Trinajstić information content (AvgIpc) is 2.90. The van der Waals surface area contributed by atoms with E-state index in [2.05, 4.69) is 60.3 Å². The lowest BCUT2D eigenvalue weighted by Gasteiger charge is -2.26. The van der Waals surface area contributed by atoms with Crippen LogP contribution in [0.1, 0.15) is 24.5 Å². The van der Waals surface area contributed by atoms with E-state index in [1.807, 2.05) is 37.4 Å². The molecule has 1 aromatic heterocycles. The molecule has 154 valence electrons. The number of para-hydroxylation sites is 1. The first-order valence-corrected chi connectivity index (χ1v) is 10.5. The molecule has 0 fully saturated rings. The summed E-state index contributed by atoms with van der Waals surface area (Å²) >= 11 is 0. The van der Waals surface area contributed by atoms with E-state index in [-0.39, 0.29) is 0 Å². The molecule has 0 aliphatic carbocycles. The first kappa shape index (κ1) is 20.1. The third kappa shape index (κ3) is 4.21. The van der Waals surface area contributed by atoms with Crippen LogP contribution in [0.5, 0.6) is 5.75 Å². The Morgan fingerprint density at radius 1 is 0.967 bits per heavy atom. The van der Waals surface area contributed by atoms with Gasteiger partial charge in [-0.3, -0.25) is 0 Å². The molecule has 1 aliphatic rings. The molecule has 0 radical (unpaired) electrons. The van der Waals surface area contributed by atoms with Crippen molar-refractivity contribution in [3.63, 3.8) is 0 Å². The predicted octanol–water partition coefficient (Wildman–Crippen LogP) is 5.05. The monoisotopic (exact) mass is 400 g/mol. The number of ether oxygens (including phenoxy) is 1. The van der Waals surface area contributed by atoms with Crippen molar-refractivity contribution in [2.75, 3.05) is 38.7 Å². The Hall–Kier alpha value is -3.18. The van der Waals surface area contributed by atoms with Crippen molar-refractivity contribution < 1.29 is 4.74 Å². The van der Waals surface area contributed by atoms with Gasteiger partial charge < -0.3 is 14.5 Å². The second-order valence-corrected chi connectivity index (χ2v) is 7.59. The van der Waals surface area contributed by atoms with Crippen molar-refractivity contribution in [1.29, 1.82) is 0 Å². The number of fused-ring (bicyclic) bond motifs is 2. The van der Waals surface area contributed by atoms with Crippen LogP contribution in [0.15, 0.2) is 71.9 Å². The minimum Gasteiger partial charge on any atom is -0.494 e. The zero-order chi connectivity index (χ0) is 20.9. The number of rotatable bonds is 7. The number of pyridine rings is 1.